The molecular weight excluding hydrogens is 382 g/mol. The molecule has 0 fully saturated rings. The number of halogens is 2. The van der Waals surface area contributed by atoms with Crippen LogP contribution in [0.3, 0.4) is 0 Å². The minimum atomic E-state index is 0.778. The molecule has 3 nitrogen and oxygen atoms in total. The third kappa shape index (κ3) is 3.51. The first kappa shape index (κ1) is 15.7. The van der Waals surface area contributed by atoms with Gasteiger partial charge in [0.15, 0.2) is 0 Å². The smallest absolute Gasteiger partial charge is 0.0738 e. The number of hydrogen-bond acceptors (Lipinski definition) is 2. The van der Waals surface area contributed by atoms with Gasteiger partial charge in [-0.25, -0.2) is 0 Å². The van der Waals surface area contributed by atoms with E-state index < -0.39 is 0 Å². The van der Waals surface area contributed by atoms with Gasteiger partial charge in [0.25, 0.3) is 0 Å². The van der Waals surface area contributed by atoms with Crippen LogP contribution >= 0.6 is 31.9 Å². The highest BCUT2D eigenvalue weighted by molar-refractivity contribution is 9.10. The van der Waals surface area contributed by atoms with Gasteiger partial charge in [-0.15, -0.1) is 0 Å². The summed E-state index contributed by atoms with van der Waals surface area (Å²) in [5, 5.41) is 7.89. The number of nitrogens with one attached hydrogen (secondary N) is 1. The third-order valence-electron chi connectivity index (χ3n) is 3.31. The van der Waals surface area contributed by atoms with Crippen molar-refractivity contribution in [2.24, 2.45) is 0 Å². The first-order valence-electron chi connectivity index (χ1n) is 6.70. The maximum absolute atomic E-state index is 4.55. The highest BCUT2D eigenvalue weighted by atomic mass is 79.9. The Labute approximate surface area is 137 Å². The van der Waals surface area contributed by atoms with Crippen molar-refractivity contribution in [2.45, 2.75) is 33.9 Å². The van der Waals surface area contributed by atoms with Gasteiger partial charge >= 0.3 is 0 Å². The van der Waals surface area contributed by atoms with E-state index in [1.165, 1.54) is 11.1 Å². The molecule has 1 heterocycles. The monoisotopic (exact) mass is 399 g/mol. The Morgan fingerprint density at radius 2 is 2.00 bits per heavy atom. The van der Waals surface area contributed by atoms with Crippen LogP contribution in [0.1, 0.15) is 29.4 Å². The number of aromatic nitrogens is 2. The van der Waals surface area contributed by atoms with E-state index in [2.05, 4.69) is 74.3 Å². The van der Waals surface area contributed by atoms with E-state index in [0.29, 0.717) is 0 Å². The molecule has 2 aromatic rings. The number of rotatable bonds is 5. The molecule has 0 aliphatic carbocycles. The van der Waals surface area contributed by atoms with Gasteiger partial charge in [0.05, 0.1) is 22.4 Å². The molecule has 0 saturated heterocycles. The highest BCUT2D eigenvalue weighted by Crippen LogP contribution is 2.24. The van der Waals surface area contributed by atoms with Gasteiger partial charge in [-0.3, -0.25) is 4.68 Å². The third-order valence-corrected chi connectivity index (χ3v) is 5.20. The SMILES string of the molecule is CCNCc1ccc(Cn2nc(C)c(Br)c2C)c(Br)c1. The van der Waals surface area contributed by atoms with Crippen molar-refractivity contribution < 1.29 is 0 Å². The van der Waals surface area contributed by atoms with Crippen molar-refractivity contribution in [1.29, 1.82) is 0 Å². The van der Waals surface area contributed by atoms with Crippen LogP contribution in [-0.4, -0.2) is 16.3 Å². The maximum Gasteiger partial charge on any atom is 0.0738 e. The first-order valence-corrected chi connectivity index (χ1v) is 8.29. The zero-order valence-electron chi connectivity index (χ0n) is 12.0. The topological polar surface area (TPSA) is 29.9 Å². The van der Waals surface area contributed by atoms with Crippen LogP contribution in [0, 0.1) is 13.8 Å². The Kier molecular flexibility index (Phi) is 5.41. The van der Waals surface area contributed by atoms with Crippen molar-refractivity contribution in [1.82, 2.24) is 15.1 Å². The second kappa shape index (κ2) is 6.87. The maximum atomic E-state index is 4.55. The van der Waals surface area contributed by atoms with E-state index in [0.717, 1.165) is 40.0 Å². The molecule has 1 aromatic carbocycles. The Hall–Kier alpha value is -0.650. The second-order valence-electron chi connectivity index (χ2n) is 4.85. The summed E-state index contributed by atoms with van der Waals surface area (Å²) in [6.07, 6.45) is 0. The minimum absolute atomic E-state index is 0.778. The van der Waals surface area contributed by atoms with Crippen molar-refractivity contribution in [3.8, 4) is 0 Å². The minimum Gasteiger partial charge on any atom is -0.313 e. The van der Waals surface area contributed by atoms with E-state index in [4.69, 9.17) is 0 Å². The largest absolute Gasteiger partial charge is 0.313 e. The Morgan fingerprint density at radius 1 is 1.25 bits per heavy atom. The molecule has 0 amide bonds. The molecular formula is C15H19Br2N3. The normalized spacial score (nSPS) is 11.1. The molecule has 5 heteroatoms. The second-order valence-corrected chi connectivity index (χ2v) is 6.50. The van der Waals surface area contributed by atoms with Crippen LogP contribution in [0.4, 0.5) is 0 Å². The van der Waals surface area contributed by atoms with Crippen LogP contribution in [-0.2, 0) is 13.1 Å². The summed E-state index contributed by atoms with van der Waals surface area (Å²) in [4.78, 5) is 0. The van der Waals surface area contributed by atoms with Gasteiger partial charge < -0.3 is 5.32 Å². The van der Waals surface area contributed by atoms with E-state index in [9.17, 15) is 0 Å². The van der Waals surface area contributed by atoms with Gasteiger partial charge in [0, 0.05) is 11.0 Å². The molecule has 2 rings (SSSR count). The molecule has 0 aliphatic rings. The Morgan fingerprint density at radius 3 is 2.55 bits per heavy atom. The summed E-state index contributed by atoms with van der Waals surface area (Å²) in [7, 11) is 0. The lowest BCUT2D eigenvalue weighted by Gasteiger charge is -2.09. The number of nitrogens with zero attached hydrogens (tertiary/aromatic N) is 2. The van der Waals surface area contributed by atoms with Crippen LogP contribution in [0.25, 0.3) is 0 Å². The quantitative estimate of drug-likeness (QED) is 0.815. The average Bonchev–Trinajstić information content (AvgIpc) is 2.67. The fourth-order valence-corrected chi connectivity index (χ4v) is 2.92. The number of aryl methyl sites for hydroxylation is 1. The molecule has 0 bridgehead atoms. The summed E-state index contributed by atoms with van der Waals surface area (Å²) in [5.74, 6) is 0. The van der Waals surface area contributed by atoms with E-state index in [1.54, 1.807) is 0 Å². The molecule has 0 saturated carbocycles. The van der Waals surface area contributed by atoms with E-state index >= 15 is 0 Å². The fraction of sp³-hybridized carbons (Fsp3) is 0.400. The van der Waals surface area contributed by atoms with Crippen molar-refractivity contribution in [3.05, 3.63) is 49.7 Å². The molecule has 1 aromatic heterocycles. The average molecular weight is 401 g/mol. The standard InChI is InChI=1S/C15H19Br2N3/c1-4-18-8-12-5-6-13(14(16)7-12)9-20-11(3)15(17)10(2)19-20/h5-7,18H,4,8-9H2,1-3H3. The Bertz CT molecular complexity index is 605. The first-order chi connectivity index (χ1) is 9.52. The molecule has 0 atom stereocenters. The van der Waals surface area contributed by atoms with E-state index in [-0.39, 0.29) is 0 Å². The molecule has 0 unspecified atom stereocenters. The van der Waals surface area contributed by atoms with Gasteiger partial charge in [-0.2, -0.15) is 5.10 Å². The molecule has 108 valence electrons. The molecule has 1 N–H and O–H groups in total. The molecule has 20 heavy (non-hydrogen) atoms. The zero-order chi connectivity index (χ0) is 14.7. The van der Waals surface area contributed by atoms with Crippen LogP contribution in [0.5, 0.6) is 0 Å². The van der Waals surface area contributed by atoms with Gasteiger partial charge in [0.2, 0.25) is 0 Å². The summed E-state index contributed by atoms with van der Waals surface area (Å²) in [6.45, 7) is 8.88. The van der Waals surface area contributed by atoms with Crippen LogP contribution < -0.4 is 5.32 Å². The van der Waals surface area contributed by atoms with Crippen molar-refractivity contribution in [2.75, 3.05) is 6.54 Å². The molecule has 0 radical (unpaired) electrons. The van der Waals surface area contributed by atoms with Gasteiger partial charge in [0.1, 0.15) is 0 Å². The lowest BCUT2D eigenvalue weighted by atomic mass is 10.1. The van der Waals surface area contributed by atoms with Crippen LogP contribution in [0.15, 0.2) is 27.1 Å². The van der Waals surface area contributed by atoms with Gasteiger partial charge in [-0.05, 0) is 53.5 Å². The van der Waals surface area contributed by atoms with E-state index in [1.807, 2.05) is 11.6 Å². The predicted molar refractivity (Wildman–Crippen MR) is 90.0 cm³/mol. The van der Waals surface area contributed by atoms with Crippen molar-refractivity contribution >= 4 is 31.9 Å². The number of hydrogen-bond donors (Lipinski definition) is 1. The highest BCUT2D eigenvalue weighted by Gasteiger charge is 2.10. The van der Waals surface area contributed by atoms with Gasteiger partial charge in [-0.1, -0.05) is 35.0 Å². The summed E-state index contributed by atoms with van der Waals surface area (Å²) in [6, 6.07) is 6.52. The van der Waals surface area contributed by atoms with Crippen LogP contribution in [0.2, 0.25) is 0 Å². The van der Waals surface area contributed by atoms with Crippen molar-refractivity contribution in [3.63, 3.8) is 0 Å². The molecule has 0 aliphatic heterocycles. The zero-order valence-corrected chi connectivity index (χ0v) is 15.2. The lowest BCUT2D eigenvalue weighted by Crippen LogP contribution is -2.12. The predicted octanol–water partition coefficient (Wildman–Crippen LogP) is 4.18. The Balaban J connectivity index is 2.19. The number of benzene rings is 1. The summed E-state index contributed by atoms with van der Waals surface area (Å²) in [5.41, 5.74) is 4.72. The summed E-state index contributed by atoms with van der Waals surface area (Å²) >= 11 is 7.23. The lowest BCUT2D eigenvalue weighted by molar-refractivity contribution is 0.656. The summed E-state index contributed by atoms with van der Waals surface area (Å²) < 4.78 is 4.26. The fourth-order valence-electron chi connectivity index (χ4n) is 2.09. The molecule has 0 spiro atoms.